The van der Waals surface area contributed by atoms with Gasteiger partial charge in [0.1, 0.15) is 31.6 Å². The number of nitrogens with one attached hydrogen (secondary N) is 1. The average Bonchev–Trinajstić information content (AvgIpc) is 2.99. The van der Waals surface area contributed by atoms with Crippen molar-refractivity contribution in [3.8, 4) is 11.5 Å². The molecule has 1 aliphatic rings. The number of sulfonamides is 1. The number of ether oxygens (including phenoxy) is 2. The molecule has 1 aliphatic heterocycles. The quantitative estimate of drug-likeness (QED) is 0.267. The maximum absolute atomic E-state index is 14.2. The van der Waals surface area contributed by atoms with Crippen LogP contribution in [0.1, 0.15) is 32.8 Å². The van der Waals surface area contributed by atoms with Crippen LogP contribution < -0.4 is 19.1 Å². The number of amides is 2. The van der Waals surface area contributed by atoms with Gasteiger partial charge in [-0.2, -0.15) is 0 Å². The fourth-order valence-electron chi connectivity index (χ4n) is 4.62. The Bertz CT molecular complexity index is 1600. The number of anilines is 1. The van der Waals surface area contributed by atoms with Gasteiger partial charge in [0.15, 0.2) is 11.5 Å². The highest BCUT2D eigenvalue weighted by Crippen LogP contribution is 2.34. The smallest absolute Gasteiger partial charge is 0.264 e. The molecule has 3 aromatic rings. The lowest BCUT2D eigenvalue weighted by atomic mass is 10.1. The Balaban J connectivity index is 1.75. The molecule has 3 aromatic carbocycles. The molecule has 0 spiro atoms. The molecule has 236 valence electrons. The highest BCUT2D eigenvalue weighted by atomic mass is 35.5. The largest absolute Gasteiger partial charge is 0.486 e. The van der Waals surface area contributed by atoms with E-state index in [1.165, 1.54) is 41.3 Å². The van der Waals surface area contributed by atoms with Gasteiger partial charge in [-0.05, 0) is 66.4 Å². The molecule has 0 fully saturated rings. The summed E-state index contributed by atoms with van der Waals surface area (Å²) in [5.74, 6) is -0.839. The van der Waals surface area contributed by atoms with Crippen molar-refractivity contribution < 1.29 is 31.9 Å². The molecule has 0 saturated carbocycles. The van der Waals surface area contributed by atoms with Gasteiger partial charge in [-0.15, -0.1) is 0 Å². The van der Waals surface area contributed by atoms with Gasteiger partial charge in [-0.3, -0.25) is 13.9 Å². The van der Waals surface area contributed by atoms with Crippen LogP contribution in [0.3, 0.4) is 0 Å². The summed E-state index contributed by atoms with van der Waals surface area (Å²) in [5.41, 5.74) is 0.568. The maximum Gasteiger partial charge on any atom is 0.264 e. The van der Waals surface area contributed by atoms with E-state index in [0.29, 0.717) is 29.5 Å². The van der Waals surface area contributed by atoms with Gasteiger partial charge >= 0.3 is 0 Å². The summed E-state index contributed by atoms with van der Waals surface area (Å²) in [6.45, 7) is 5.82. The van der Waals surface area contributed by atoms with Crippen LogP contribution in [0.25, 0.3) is 0 Å². The lowest BCUT2D eigenvalue weighted by molar-refractivity contribution is -0.140. The Hall–Kier alpha value is -3.54. The average molecular weight is 667 g/mol. The number of hydrogen-bond donors (Lipinski definition) is 1. The van der Waals surface area contributed by atoms with Crippen LogP contribution in [-0.4, -0.2) is 57.5 Å². The predicted octanol–water partition coefficient (Wildman–Crippen LogP) is 5.68. The molecule has 0 aromatic heterocycles. The second-order valence-corrected chi connectivity index (χ2v) is 13.3. The highest BCUT2D eigenvalue weighted by molar-refractivity contribution is 7.92. The first-order valence-corrected chi connectivity index (χ1v) is 16.3. The second kappa shape index (κ2) is 14.5. The topological polar surface area (TPSA) is 105 Å². The number of carbonyl (C=O) groups excluding carboxylic acids is 2. The van der Waals surface area contributed by atoms with Crippen LogP contribution in [0.4, 0.5) is 10.1 Å². The zero-order valence-corrected chi connectivity index (χ0v) is 26.9. The van der Waals surface area contributed by atoms with Gasteiger partial charge in [-0.25, -0.2) is 12.8 Å². The van der Waals surface area contributed by atoms with Crippen molar-refractivity contribution in [2.24, 2.45) is 5.92 Å². The molecule has 1 N–H and O–H groups in total. The number of carbonyl (C=O) groups is 2. The third kappa shape index (κ3) is 7.94. The van der Waals surface area contributed by atoms with E-state index in [2.05, 4.69) is 5.32 Å². The van der Waals surface area contributed by atoms with Crippen molar-refractivity contribution in [1.82, 2.24) is 10.2 Å². The monoisotopic (exact) mass is 665 g/mol. The lowest BCUT2D eigenvalue weighted by Gasteiger charge is -2.33. The van der Waals surface area contributed by atoms with E-state index in [0.717, 1.165) is 16.4 Å². The maximum atomic E-state index is 14.2. The fourth-order valence-corrected chi connectivity index (χ4v) is 6.52. The van der Waals surface area contributed by atoms with Crippen molar-refractivity contribution in [2.45, 2.75) is 44.7 Å². The van der Waals surface area contributed by atoms with Gasteiger partial charge in [0.2, 0.25) is 11.8 Å². The molecule has 0 aliphatic carbocycles. The van der Waals surface area contributed by atoms with Gasteiger partial charge in [0, 0.05) is 29.2 Å². The Morgan fingerprint density at radius 3 is 2.30 bits per heavy atom. The first-order chi connectivity index (χ1) is 20.9. The van der Waals surface area contributed by atoms with Crippen LogP contribution in [0.5, 0.6) is 11.5 Å². The Labute approximate surface area is 266 Å². The van der Waals surface area contributed by atoms with E-state index in [-0.39, 0.29) is 52.8 Å². The Morgan fingerprint density at radius 2 is 1.66 bits per heavy atom. The third-order valence-corrected chi connectivity index (χ3v) is 9.28. The minimum Gasteiger partial charge on any atom is -0.486 e. The molecule has 0 saturated heterocycles. The van der Waals surface area contributed by atoms with Crippen molar-refractivity contribution in [3.05, 3.63) is 82.1 Å². The van der Waals surface area contributed by atoms with E-state index in [9.17, 15) is 22.4 Å². The SMILES string of the molecule is CC[C@H](C(=O)NCC(C)C)N(Cc1ccc(Cl)cc1Cl)C(=O)CN(c1ccc(F)cc1)S(=O)(=O)c1ccc2c(c1)OCCO2. The minimum absolute atomic E-state index is 0.0522. The van der Waals surface area contributed by atoms with E-state index < -0.39 is 34.3 Å². The van der Waals surface area contributed by atoms with Gasteiger partial charge < -0.3 is 19.7 Å². The predicted molar refractivity (Wildman–Crippen MR) is 167 cm³/mol. The van der Waals surface area contributed by atoms with Crippen LogP contribution in [0.15, 0.2) is 65.6 Å². The third-order valence-electron chi connectivity index (χ3n) is 6.92. The van der Waals surface area contributed by atoms with Gasteiger partial charge in [0.05, 0.1) is 10.6 Å². The summed E-state index contributed by atoms with van der Waals surface area (Å²) in [5, 5.41) is 3.55. The summed E-state index contributed by atoms with van der Waals surface area (Å²) in [7, 11) is -4.41. The lowest BCUT2D eigenvalue weighted by Crippen LogP contribution is -2.52. The fraction of sp³-hybridized carbons (Fsp3) is 0.355. The number of nitrogens with zero attached hydrogens (tertiary/aromatic N) is 2. The molecule has 13 heteroatoms. The number of rotatable bonds is 12. The first-order valence-electron chi connectivity index (χ1n) is 14.1. The van der Waals surface area contributed by atoms with Crippen LogP contribution in [0, 0.1) is 11.7 Å². The molecule has 9 nitrogen and oxygen atoms in total. The van der Waals surface area contributed by atoms with Crippen molar-refractivity contribution in [2.75, 3.05) is 30.6 Å². The molecule has 4 rings (SSSR count). The van der Waals surface area contributed by atoms with Gasteiger partial charge in [0.25, 0.3) is 10.0 Å². The van der Waals surface area contributed by atoms with Crippen molar-refractivity contribution in [3.63, 3.8) is 0 Å². The number of hydrogen-bond acceptors (Lipinski definition) is 6. The van der Waals surface area contributed by atoms with E-state index in [1.54, 1.807) is 19.1 Å². The molecule has 1 atom stereocenters. The van der Waals surface area contributed by atoms with Crippen LogP contribution >= 0.6 is 23.2 Å². The van der Waals surface area contributed by atoms with Crippen molar-refractivity contribution in [1.29, 1.82) is 0 Å². The molecule has 2 amide bonds. The molecular weight excluding hydrogens is 632 g/mol. The molecule has 0 bridgehead atoms. The summed E-state index contributed by atoms with van der Waals surface area (Å²) in [6, 6.07) is 12.7. The standard InChI is InChI=1S/C31H34Cl2FN3O6S/c1-4-27(31(39)35-17-20(2)3)36(18-21-5-6-22(32)15-26(21)33)30(38)19-37(24-9-7-23(34)8-10-24)44(40,41)25-11-12-28-29(16-25)43-14-13-42-28/h5-12,15-16,20,27H,4,13-14,17-19H2,1-3H3,(H,35,39)/t27-/m1/s1. The Morgan fingerprint density at radius 1 is 0.977 bits per heavy atom. The zero-order chi connectivity index (χ0) is 32.0. The molecule has 0 unspecified atom stereocenters. The second-order valence-electron chi connectivity index (χ2n) is 10.6. The highest BCUT2D eigenvalue weighted by Gasteiger charge is 2.34. The van der Waals surface area contributed by atoms with Crippen LogP contribution in [0.2, 0.25) is 10.0 Å². The molecular formula is C31H34Cl2FN3O6S. The van der Waals surface area contributed by atoms with Gasteiger partial charge in [-0.1, -0.05) is 50.0 Å². The van der Waals surface area contributed by atoms with Crippen molar-refractivity contribution >= 4 is 50.7 Å². The minimum atomic E-state index is -4.41. The Kier molecular flexibility index (Phi) is 11.0. The first kappa shape index (κ1) is 33.4. The summed E-state index contributed by atoms with van der Waals surface area (Å²) >= 11 is 12.5. The van der Waals surface area contributed by atoms with E-state index in [1.807, 2.05) is 13.8 Å². The summed E-state index contributed by atoms with van der Waals surface area (Å²) in [6.07, 6.45) is 0.242. The molecule has 1 heterocycles. The van der Waals surface area contributed by atoms with E-state index >= 15 is 0 Å². The van der Waals surface area contributed by atoms with E-state index in [4.69, 9.17) is 32.7 Å². The molecule has 44 heavy (non-hydrogen) atoms. The summed E-state index contributed by atoms with van der Waals surface area (Å²) in [4.78, 5) is 28.7. The number of halogens is 3. The number of fused-ring (bicyclic) bond motifs is 1. The normalized spacial score (nSPS) is 13.3. The number of benzene rings is 3. The molecule has 0 radical (unpaired) electrons. The van der Waals surface area contributed by atoms with Crippen LogP contribution in [-0.2, 0) is 26.2 Å². The summed E-state index contributed by atoms with van der Waals surface area (Å²) < 4.78 is 54.1. The zero-order valence-electron chi connectivity index (χ0n) is 24.6.